The van der Waals surface area contributed by atoms with Crippen molar-refractivity contribution in [1.29, 1.82) is 0 Å². The van der Waals surface area contributed by atoms with Crippen LogP contribution in [0.1, 0.15) is 12.0 Å². The lowest BCUT2D eigenvalue weighted by Gasteiger charge is -1.98. The maximum atomic E-state index is 12.1. The zero-order valence-electron chi connectivity index (χ0n) is 5.70. The smallest absolute Gasteiger partial charge is 0.225 e. The average molecular weight is 213 g/mol. The first-order chi connectivity index (χ1) is 5.43. The summed E-state index contributed by atoms with van der Waals surface area (Å²) in [5.41, 5.74) is -0.525. The van der Waals surface area contributed by atoms with Crippen molar-refractivity contribution in [2.24, 2.45) is 5.14 Å². The van der Waals surface area contributed by atoms with Gasteiger partial charge in [-0.2, -0.15) is 11.3 Å². The largest absolute Gasteiger partial charge is 0.265 e. The van der Waals surface area contributed by atoms with Gasteiger partial charge in [0.15, 0.2) is 0 Å². The molecule has 0 aliphatic carbocycles. The molecule has 1 aromatic heterocycles. The van der Waals surface area contributed by atoms with Crippen molar-refractivity contribution < 1.29 is 17.2 Å². The predicted octanol–water partition coefficient (Wildman–Crippen LogP) is 1.33. The van der Waals surface area contributed by atoms with Gasteiger partial charge in [0.25, 0.3) is 6.43 Å². The number of rotatable bonds is 2. The number of alkyl halides is 2. The van der Waals surface area contributed by atoms with E-state index in [4.69, 9.17) is 0 Å². The Balaban J connectivity index is 3.26. The van der Waals surface area contributed by atoms with Crippen LogP contribution in [0, 0.1) is 0 Å². The van der Waals surface area contributed by atoms with Crippen LogP contribution in [0.4, 0.5) is 8.78 Å². The molecule has 0 atom stereocenters. The monoisotopic (exact) mass is 213 g/mol. The van der Waals surface area contributed by atoms with Crippen LogP contribution in [0.15, 0.2) is 15.7 Å². The van der Waals surface area contributed by atoms with Gasteiger partial charge in [0.05, 0.1) is 0 Å². The molecule has 0 saturated carbocycles. The molecule has 0 radical (unpaired) electrons. The third kappa shape index (κ3) is 1.79. The van der Waals surface area contributed by atoms with E-state index < -0.39 is 26.9 Å². The molecule has 0 aromatic carbocycles. The highest BCUT2D eigenvalue weighted by molar-refractivity contribution is 7.89. The molecular formula is C5H5F2NO2S2. The average Bonchev–Trinajstić information content (AvgIpc) is 2.30. The van der Waals surface area contributed by atoms with Crippen LogP contribution in [-0.2, 0) is 10.0 Å². The molecule has 1 rings (SSSR count). The van der Waals surface area contributed by atoms with Crippen LogP contribution in [-0.4, -0.2) is 8.42 Å². The molecule has 0 fully saturated rings. The molecule has 0 saturated heterocycles. The Morgan fingerprint density at radius 1 is 1.42 bits per heavy atom. The molecule has 12 heavy (non-hydrogen) atoms. The van der Waals surface area contributed by atoms with Crippen LogP contribution in [0.3, 0.4) is 0 Å². The lowest BCUT2D eigenvalue weighted by molar-refractivity contribution is 0.148. The van der Waals surface area contributed by atoms with E-state index in [9.17, 15) is 17.2 Å². The summed E-state index contributed by atoms with van der Waals surface area (Å²) < 4.78 is 45.5. The normalized spacial score (nSPS) is 12.3. The van der Waals surface area contributed by atoms with Gasteiger partial charge in [0.2, 0.25) is 10.0 Å². The number of hydrogen-bond donors (Lipinski definition) is 1. The number of hydrogen-bond acceptors (Lipinski definition) is 3. The molecule has 0 aliphatic heterocycles. The molecule has 7 heteroatoms. The van der Waals surface area contributed by atoms with E-state index in [1.165, 1.54) is 0 Å². The van der Waals surface area contributed by atoms with Gasteiger partial charge in [-0.3, -0.25) is 0 Å². The van der Waals surface area contributed by atoms with Gasteiger partial charge >= 0.3 is 0 Å². The van der Waals surface area contributed by atoms with Gasteiger partial charge in [0.1, 0.15) is 4.90 Å². The second kappa shape index (κ2) is 3.08. The van der Waals surface area contributed by atoms with Crippen molar-refractivity contribution >= 4 is 21.4 Å². The maximum absolute atomic E-state index is 12.1. The highest BCUT2D eigenvalue weighted by atomic mass is 32.2. The van der Waals surface area contributed by atoms with E-state index >= 15 is 0 Å². The Morgan fingerprint density at radius 3 is 2.33 bits per heavy atom. The highest BCUT2D eigenvalue weighted by Crippen LogP contribution is 2.28. The molecule has 0 aliphatic rings. The second-order valence-corrected chi connectivity index (χ2v) is 4.31. The maximum Gasteiger partial charge on any atom is 0.265 e. The van der Waals surface area contributed by atoms with Crippen molar-refractivity contribution in [2.75, 3.05) is 0 Å². The molecule has 1 aromatic rings. The Labute approximate surface area is 71.9 Å². The van der Waals surface area contributed by atoms with Crippen molar-refractivity contribution in [3.8, 4) is 0 Å². The summed E-state index contributed by atoms with van der Waals surface area (Å²) in [4.78, 5) is -0.484. The summed E-state index contributed by atoms with van der Waals surface area (Å²) in [6.45, 7) is 0. The van der Waals surface area contributed by atoms with Gasteiger partial charge in [-0.25, -0.2) is 22.3 Å². The number of nitrogens with two attached hydrogens (primary N) is 1. The Hall–Kier alpha value is -0.530. The highest BCUT2D eigenvalue weighted by Gasteiger charge is 2.20. The van der Waals surface area contributed by atoms with E-state index in [0.29, 0.717) is 0 Å². The van der Waals surface area contributed by atoms with Gasteiger partial charge in [-0.1, -0.05) is 0 Å². The third-order valence-electron chi connectivity index (χ3n) is 1.20. The summed E-state index contributed by atoms with van der Waals surface area (Å²) in [6.07, 6.45) is -2.80. The van der Waals surface area contributed by atoms with Gasteiger partial charge in [-0.05, 0) is 0 Å². The van der Waals surface area contributed by atoms with E-state index in [2.05, 4.69) is 5.14 Å². The number of primary sulfonamides is 1. The molecule has 2 N–H and O–H groups in total. The molecule has 0 spiro atoms. The molecule has 1 heterocycles. The Morgan fingerprint density at radius 2 is 2.00 bits per heavy atom. The quantitative estimate of drug-likeness (QED) is 0.805. The SMILES string of the molecule is NS(=O)(=O)c1cscc1C(F)F. The molecule has 0 unspecified atom stereocenters. The molecule has 68 valence electrons. The van der Waals surface area contributed by atoms with Crippen LogP contribution in [0.25, 0.3) is 0 Å². The standard InChI is InChI=1S/C5H5F2NO2S2/c6-5(7)3-1-11-2-4(3)12(8,9)10/h1-2,5H,(H2,8,9,10). The Kier molecular flexibility index (Phi) is 2.45. The predicted molar refractivity (Wildman–Crippen MR) is 40.6 cm³/mol. The summed E-state index contributed by atoms with van der Waals surface area (Å²) in [5, 5.41) is 6.85. The minimum Gasteiger partial charge on any atom is -0.225 e. The van der Waals surface area contributed by atoms with Crippen LogP contribution >= 0.6 is 11.3 Å². The second-order valence-electron chi connectivity index (χ2n) is 2.04. The van der Waals surface area contributed by atoms with E-state index in [-0.39, 0.29) is 0 Å². The first-order valence-corrected chi connectivity index (χ1v) is 5.29. The zero-order valence-corrected chi connectivity index (χ0v) is 7.33. The first-order valence-electron chi connectivity index (χ1n) is 2.80. The Bertz CT molecular complexity index is 371. The fraction of sp³-hybridized carbons (Fsp3) is 0.200. The van der Waals surface area contributed by atoms with E-state index in [1.54, 1.807) is 0 Å². The minimum atomic E-state index is -4.00. The molecule has 0 bridgehead atoms. The molecule has 3 nitrogen and oxygen atoms in total. The van der Waals surface area contributed by atoms with E-state index in [1.807, 2.05) is 0 Å². The van der Waals surface area contributed by atoms with Crippen molar-refractivity contribution in [3.05, 3.63) is 16.3 Å². The summed E-state index contributed by atoms with van der Waals surface area (Å²) >= 11 is 0.882. The van der Waals surface area contributed by atoms with Crippen LogP contribution in [0.5, 0.6) is 0 Å². The summed E-state index contributed by atoms with van der Waals surface area (Å²) in [6, 6.07) is 0. The van der Waals surface area contributed by atoms with Crippen LogP contribution < -0.4 is 5.14 Å². The van der Waals surface area contributed by atoms with Gasteiger partial charge in [-0.15, -0.1) is 0 Å². The summed E-state index contributed by atoms with van der Waals surface area (Å²) in [7, 11) is -4.00. The van der Waals surface area contributed by atoms with Crippen molar-refractivity contribution in [1.82, 2.24) is 0 Å². The van der Waals surface area contributed by atoms with E-state index in [0.717, 1.165) is 22.1 Å². The van der Waals surface area contributed by atoms with Crippen LogP contribution in [0.2, 0.25) is 0 Å². The fourth-order valence-corrected chi connectivity index (χ4v) is 2.64. The fourth-order valence-electron chi connectivity index (χ4n) is 0.686. The summed E-state index contributed by atoms with van der Waals surface area (Å²) in [5.74, 6) is 0. The van der Waals surface area contributed by atoms with Gasteiger partial charge < -0.3 is 0 Å². The van der Waals surface area contributed by atoms with Crippen molar-refractivity contribution in [3.63, 3.8) is 0 Å². The third-order valence-corrected chi connectivity index (χ3v) is 3.07. The zero-order chi connectivity index (χ0) is 9.35. The molecular weight excluding hydrogens is 208 g/mol. The van der Waals surface area contributed by atoms with Crippen molar-refractivity contribution in [2.45, 2.75) is 11.3 Å². The number of thiophene rings is 1. The number of sulfonamides is 1. The topological polar surface area (TPSA) is 60.2 Å². The van der Waals surface area contributed by atoms with Gasteiger partial charge in [0, 0.05) is 16.3 Å². The lowest BCUT2D eigenvalue weighted by atomic mass is 10.4. The number of halogens is 2. The minimum absolute atomic E-state index is 0.484. The first kappa shape index (κ1) is 9.56. The molecule has 0 amide bonds. The lowest BCUT2D eigenvalue weighted by Crippen LogP contribution is -2.13.